The third-order valence-corrected chi connectivity index (χ3v) is 4.73. The number of carbonyl (C=O) groups excluding carboxylic acids is 1. The summed E-state index contributed by atoms with van der Waals surface area (Å²) in [5.41, 5.74) is 0.435. The molecule has 0 saturated heterocycles. The van der Waals surface area contributed by atoms with Gasteiger partial charge in [-0.05, 0) is 37.6 Å². The van der Waals surface area contributed by atoms with Crippen molar-refractivity contribution in [3.05, 3.63) is 29.8 Å². The van der Waals surface area contributed by atoms with Crippen LogP contribution in [0.5, 0.6) is 5.75 Å². The molecule has 0 aliphatic carbocycles. The standard InChI is InChI=1S/C12H26O4S.C8H8O3.C3H8O2.Na/c1-2-3-4-5-6-7-8-9-10-11-12-16-17(13,14)15;1-11-8(10)6-2-4-7(9)5-3-6;1-3(5)2-4;/h2-12H2,1H3,(H,13,14,15);2-5,9H,1H3;3-5H,2H2,1H3;/q;;;+1/p-1. The van der Waals surface area contributed by atoms with Gasteiger partial charge in [0.05, 0.1) is 32.0 Å². The summed E-state index contributed by atoms with van der Waals surface area (Å²) in [6.45, 7) is 3.63. The summed E-state index contributed by atoms with van der Waals surface area (Å²) < 4.78 is 38.9. The van der Waals surface area contributed by atoms with Gasteiger partial charge in [-0.1, -0.05) is 64.7 Å². The van der Waals surface area contributed by atoms with Gasteiger partial charge in [0.2, 0.25) is 10.4 Å². The molecule has 0 heterocycles. The van der Waals surface area contributed by atoms with E-state index in [1.807, 2.05) is 0 Å². The molecule has 0 aliphatic rings. The number of phenolic OH excluding ortho intramolecular Hbond substituents is 1. The third kappa shape index (κ3) is 29.3. The van der Waals surface area contributed by atoms with E-state index in [-0.39, 0.29) is 48.5 Å². The van der Waals surface area contributed by atoms with Crippen molar-refractivity contribution in [2.24, 2.45) is 0 Å². The van der Waals surface area contributed by atoms with Crippen molar-refractivity contribution in [1.29, 1.82) is 0 Å². The maximum atomic E-state index is 10.8. The average Bonchev–Trinajstić information content (AvgIpc) is 2.77. The topological polar surface area (TPSA) is 153 Å². The number of unbranched alkanes of at least 4 members (excludes halogenated alkanes) is 9. The molecule has 1 rings (SSSR count). The van der Waals surface area contributed by atoms with Gasteiger partial charge in [-0.3, -0.25) is 4.18 Å². The first-order chi connectivity index (χ1) is 15.6. The van der Waals surface area contributed by atoms with Crippen LogP contribution in [0.1, 0.15) is 88.4 Å². The SMILES string of the molecule is CC(O)CO.CCCCCCCCCCCCOS(=O)(=O)[O-].COC(=O)c1ccc(O)cc1.[Na+]. The zero-order chi connectivity index (χ0) is 25.5. The van der Waals surface area contributed by atoms with Crippen LogP contribution in [0.4, 0.5) is 0 Å². The Morgan fingerprint density at radius 3 is 1.74 bits per heavy atom. The number of hydrogen-bond donors (Lipinski definition) is 3. The Labute approximate surface area is 227 Å². The number of methoxy groups -OCH3 is 1. The van der Waals surface area contributed by atoms with Crippen molar-refractivity contribution in [2.45, 2.75) is 84.2 Å². The molecule has 194 valence electrons. The summed E-state index contributed by atoms with van der Waals surface area (Å²) in [6, 6.07) is 5.88. The van der Waals surface area contributed by atoms with Crippen molar-refractivity contribution in [3.8, 4) is 5.75 Å². The Morgan fingerprint density at radius 2 is 1.38 bits per heavy atom. The quantitative estimate of drug-likeness (QED) is 0.108. The second-order valence-electron chi connectivity index (χ2n) is 7.48. The predicted molar refractivity (Wildman–Crippen MR) is 126 cm³/mol. The molecule has 11 heteroatoms. The molecule has 1 unspecified atom stereocenters. The molecule has 0 aromatic heterocycles. The van der Waals surface area contributed by atoms with Gasteiger partial charge in [0.15, 0.2) is 0 Å². The van der Waals surface area contributed by atoms with Gasteiger partial charge in [-0.2, -0.15) is 0 Å². The van der Waals surface area contributed by atoms with Gasteiger partial charge >= 0.3 is 35.5 Å². The van der Waals surface area contributed by atoms with Crippen LogP contribution < -0.4 is 29.6 Å². The van der Waals surface area contributed by atoms with Crippen molar-refractivity contribution in [3.63, 3.8) is 0 Å². The third-order valence-electron chi connectivity index (χ3n) is 4.28. The average molecular weight is 517 g/mol. The molecule has 0 spiro atoms. The fraction of sp³-hybridized carbons (Fsp3) is 0.696. The molecule has 0 radical (unpaired) electrons. The first-order valence-electron chi connectivity index (χ1n) is 11.3. The Kier molecular flexibility index (Phi) is 28.2. The smallest absolute Gasteiger partial charge is 0.726 e. The van der Waals surface area contributed by atoms with Crippen LogP contribution in [-0.4, -0.2) is 60.7 Å². The Morgan fingerprint density at radius 1 is 0.971 bits per heavy atom. The number of hydrogen-bond acceptors (Lipinski definition) is 9. The van der Waals surface area contributed by atoms with Gasteiger partial charge in [0.25, 0.3) is 0 Å². The normalized spacial score (nSPS) is 11.1. The Bertz CT molecular complexity index is 680. The van der Waals surface area contributed by atoms with Crippen LogP contribution in [-0.2, 0) is 19.3 Å². The molecular formula is C23H41NaO9S. The van der Waals surface area contributed by atoms with Crippen LogP contribution in [0.2, 0.25) is 0 Å². The van der Waals surface area contributed by atoms with E-state index in [9.17, 15) is 17.8 Å². The van der Waals surface area contributed by atoms with Gasteiger partial charge in [0, 0.05) is 0 Å². The maximum Gasteiger partial charge on any atom is 1.00 e. The summed E-state index contributed by atoms with van der Waals surface area (Å²) in [6.07, 6.45) is 11.1. The molecule has 0 saturated carbocycles. The largest absolute Gasteiger partial charge is 1.00 e. The number of esters is 1. The summed E-state index contributed by atoms with van der Waals surface area (Å²) in [4.78, 5) is 10.8. The number of carbonyl (C=O) groups is 1. The second-order valence-corrected chi connectivity index (χ2v) is 8.53. The van der Waals surface area contributed by atoms with E-state index in [0.29, 0.717) is 12.0 Å². The van der Waals surface area contributed by atoms with E-state index < -0.39 is 22.5 Å². The number of benzene rings is 1. The van der Waals surface area contributed by atoms with E-state index in [1.54, 1.807) is 0 Å². The zero-order valence-electron chi connectivity index (χ0n) is 21.1. The fourth-order valence-corrected chi connectivity index (χ4v) is 2.79. The molecule has 34 heavy (non-hydrogen) atoms. The van der Waals surface area contributed by atoms with Crippen molar-refractivity contribution in [1.82, 2.24) is 0 Å². The molecule has 0 aliphatic heterocycles. The molecule has 1 aromatic rings. The number of aromatic hydroxyl groups is 1. The molecule has 0 amide bonds. The summed E-state index contributed by atoms with van der Waals surface area (Å²) in [5.74, 6) is -0.261. The van der Waals surface area contributed by atoms with Crippen LogP contribution in [0, 0.1) is 0 Å². The molecule has 1 atom stereocenters. The number of ether oxygens (including phenoxy) is 1. The van der Waals surface area contributed by atoms with Gasteiger partial charge < -0.3 is 24.6 Å². The minimum absolute atomic E-state index is 0. The minimum Gasteiger partial charge on any atom is -0.726 e. The first-order valence-corrected chi connectivity index (χ1v) is 12.7. The molecule has 1 aromatic carbocycles. The summed E-state index contributed by atoms with van der Waals surface area (Å²) in [5, 5.41) is 24.9. The first kappa shape index (κ1) is 37.8. The van der Waals surface area contributed by atoms with E-state index in [2.05, 4.69) is 15.8 Å². The van der Waals surface area contributed by atoms with E-state index >= 15 is 0 Å². The number of aliphatic hydroxyl groups excluding tert-OH is 2. The molecule has 0 fully saturated rings. The van der Waals surface area contributed by atoms with Gasteiger partial charge in [-0.15, -0.1) is 0 Å². The van der Waals surface area contributed by atoms with Gasteiger partial charge in [-0.25, -0.2) is 13.2 Å². The van der Waals surface area contributed by atoms with E-state index in [1.165, 1.54) is 83.2 Å². The van der Waals surface area contributed by atoms with E-state index in [4.69, 9.17) is 15.3 Å². The Hall–Kier alpha value is -0.720. The van der Waals surface area contributed by atoms with Crippen LogP contribution in [0.15, 0.2) is 24.3 Å². The molecule has 0 bridgehead atoms. The Balaban J connectivity index is -0.000000483. The zero-order valence-corrected chi connectivity index (χ0v) is 23.9. The monoisotopic (exact) mass is 516 g/mol. The van der Waals surface area contributed by atoms with Gasteiger partial charge in [0.1, 0.15) is 5.75 Å². The molecule has 3 N–H and O–H groups in total. The van der Waals surface area contributed by atoms with Crippen LogP contribution in [0.3, 0.4) is 0 Å². The summed E-state index contributed by atoms with van der Waals surface area (Å²) >= 11 is 0. The summed E-state index contributed by atoms with van der Waals surface area (Å²) in [7, 11) is -3.17. The van der Waals surface area contributed by atoms with Crippen molar-refractivity contribution in [2.75, 3.05) is 20.3 Å². The predicted octanol–water partition coefficient (Wildman–Crippen LogP) is 0.926. The van der Waals surface area contributed by atoms with Crippen molar-refractivity contribution >= 4 is 16.4 Å². The second kappa shape index (κ2) is 25.4. The molecule has 9 nitrogen and oxygen atoms in total. The maximum absolute atomic E-state index is 10.8. The van der Waals surface area contributed by atoms with Crippen LogP contribution >= 0.6 is 0 Å². The number of rotatable bonds is 14. The van der Waals surface area contributed by atoms with Crippen LogP contribution in [0.25, 0.3) is 0 Å². The van der Waals surface area contributed by atoms with E-state index in [0.717, 1.165) is 12.8 Å². The fourth-order valence-electron chi connectivity index (χ4n) is 2.47. The number of aliphatic hydroxyl groups is 2. The minimum atomic E-state index is -4.48. The van der Waals surface area contributed by atoms with Crippen molar-refractivity contribution < 1.29 is 71.6 Å². The number of phenols is 1. The molecular weight excluding hydrogens is 475 g/mol.